The maximum atomic E-state index is 5.86. The molecule has 0 aliphatic carbocycles. The van der Waals surface area contributed by atoms with Crippen LogP contribution in [0.2, 0.25) is 0 Å². The zero-order chi connectivity index (χ0) is 15.5. The van der Waals surface area contributed by atoms with E-state index >= 15 is 0 Å². The molecule has 1 fully saturated rings. The second-order valence-electron chi connectivity index (χ2n) is 5.64. The first-order valence-corrected chi connectivity index (χ1v) is 8.85. The molecule has 0 spiro atoms. The summed E-state index contributed by atoms with van der Waals surface area (Å²) in [6, 6.07) is 18.3. The number of nitrogens with one attached hydrogen (secondary N) is 1. The van der Waals surface area contributed by atoms with Crippen LogP contribution in [0.5, 0.6) is 11.5 Å². The Morgan fingerprint density at radius 3 is 2.61 bits per heavy atom. The molecule has 118 valence electrons. The van der Waals surface area contributed by atoms with Crippen LogP contribution in [0.3, 0.4) is 0 Å². The monoisotopic (exact) mass is 325 g/mol. The average Bonchev–Trinajstić information content (AvgIpc) is 2.63. The highest BCUT2D eigenvalue weighted by Crippen LogP contribution is 2.28. The fourth-order valence-electron chi connectivity index (χ4n) is 2.95. The molecule has 1 saturated heterocycles. The number of amidine groups is 1. The third-order valence-corrected chi connectivity index (χ3v) is 4.80. The minimum absolute atomic E-state index is 0.183. The molecule has 0 radical (unpaired) electrons. The summed E-state index contributed by atoms with van der Waals surface area (Å²) in [6.07, 6.45) is 0. The second kappa shape index (κ2) is 6.64. The number of piperazine rings is 1. The molecule has 0 aromatic heterocycles. The molecule has 2 aromatic carbocycles. The van der Waals surface area contributed by atoms with E-state index in [2.05, 4.69) is 26.7 Å². The predicted octanol–water partition coefficient (Wildman–Crippen LogP) is 3.49. The molecule has 2 aliphatic rings. The smallest absolute Gasteiger partial charge is 0.134 e. The number of nitrogens with zero attached hydrogens (tertiary/aromatic N) is 2. The Balaban J connectivity index is 1.52. The quantitative estimate of drug-likeness (QED) is 0.877. The summed E-state index contributed by atoms with van der Waals surface area (Å²) in [5, 5.41) is 3.58. The van der Waals surface area contributed by atoms with Crippen molar-refractivity contribution in [3.63, 3.8) is 0 Å². The van der Waals surface area contributed by atoms with Crippen molar-refractivity contribution in [2.75, 3.05) is 25.4 Å². The summed E-state index contributed by atoms with van der Waals surface area (Å²) in [6.45, 7) is 3.14. The zero-order valence-corrected chi connectivity index (χ0v) is 13.6. The summed E-state index contributed by atoms with van der Waals surface area (Å²) >= 11 is 1.67. The summed E-state index contributed by atoms with van der Waals surface area (Å²) in [4.78, 5) is 2.39. The van der Waals surface area contributed by atoms with Gasteiger partial charge in [-0.2, -0.15) is 0 Å². The lowest BCUT2D eigenvalue weighted by Gasteiger charge is -2.38. The molecular weight excluding hydrogens is 306 g/mol. The number of hydrogen-bond donors (Lipinski definition) is 1. The molecular formula is C18H19N3OS. The molecule has 0 amide bonds. The van der Waals surface area contributed by atoms with Crippen LogP contribution in [0.15, 0.2) is 59.0 Å². The van der Waals surface area contributed by atoms with Crippen LogP contribution in [0.25, 0.3) is 0 Å². The second-order valence-corrected chi connectivity index (χ2v) is 6.49. The summed E-state index contributed by atoms with van der Waals surface area (Å²) in [7, 11) is 0. The Morgan fingerprint density at radius 2 is 1.78 bits per heavy atom. The number of benzene rings is 2. The first-order valence-electron chi connectivity index (χ1n) is 7.91. The topological polar surface area (TPSA) is 36.9 Å². The Bertz CT molecular complexity index is 687. The first-order chi connectivity index (χ1) is 11.4. The molecule has 2 aliphatic heterocycles. The van der Waals surface area contributed by atoms with Gasteiger partial charge in [0.15, 0.2) is 0 Å². The van der Waals surface area contributed by atoms with Crippen molar-refractivity contribution in [2.45, 2.75) is 6.04 Å². The van der Waals surface area contributed by atoms with Crippen molar-refractivity contribution in [3.8, 4) is 11.5 Å². The molecule has 5 heteroatoms. The van der Waals surface area contributed by atoms with Gasteiger partial charge in [-0.25, -0.2) is 4.40 Å². The van der Waals surface area contributed by atoms with Gasteiger partial charge in [-0.3, -0.25) is 0 Å². The zero-order valence-electron chi connectivity index (χ0n) is 12.8. The SMILES string of the molecule is c1ccc(Oc2ccc([C@H]3NCCN4CCSN=C34)cc2)cc1. The van der Waals surface area contributed by atoms with Crippen molar-refractivity contribution in [1.82, 2.24) is 10.2 Å². The van der Waals surface area contributed by atoms with Gasteiger partial charge in [0.2, 0.25) is 0 Å². The fourth-order valence-corrected chi connectivity index (χ4v) is 3.70. The van der Waals surface area contributed by atoms with E-state index < -0.39 is 0 Å². The number of fused-ring (bicyclic) bond motifs is 1. The minimum atomic E-state index is 0.183. The van der Waals surface area contributed by atoms with Gasteiger partial charge in [0.1, 0.15) is 17.3 Å². The van der Waals surface area contributed by atoms with Crippen molar-refractivity contribution in [2.24, 2.45) is 4.40 Å². The van der Waals surface area contributed by atoms with Crippen LogP contribution in [-0.4, -0.2) is 36.1 Å². The lowest BCUT2D eigenvalue weighted by Crippen LogP contribution is -2.51. The van der Waals surface area contributed by atoms with E-state index in [4.69, 9.17) is 4.74 Å². The predicted molar refractivity (Wildman–Crippen MR) is 95.2 cm³/mol. The van der Waals surface area contributed by atoms with Crippen molar-refractivity contribution >= 4 is 17.8 Å². The molecule has 1 N–H and O–H groups in total. The number of hydrogen-bond acceptors (Lipinski definition) is 5. The Kier molecular flexibility index (Phi) is 4.22. The van der Waals surface area contributed by atoms with E-state index in [9.17, 15) is 0 Å². The number of rotatable bonds is 3. The lowest BCUT2D eigenvalue weighted by molar-refractivity contribution is 0.365. The van der Waals surface area contributed by atoms with Gasteiger partial charge in [0.25, 0.3) is 0 Å². The largest absolute Gasteiger partial charge is 0.457 e. The molecule has 0 saturated carbocycles. The van der Waals surface area contributed by atoms with Gasteiger partial charge in [-0.1, -0.05) is 30.3 Å². The fraction of sp³-hybridized carbons (Fsp3) is 0.278. The van der Waals surface area contributed by atoms with Crippen LogP contribution in [0.1, 0.15) is 11.6 Å². The van der Waals surface area contributed by atoms with Gasteiger partial charge in [0.05, 0.1) is 6.04 Å². The first kappa shape index (κ1) is 14.6. The third-order valence-electron chi connectivity index (χ3n) is 4.12. The maximum absolute atomic E-state index is 5.86. The lowest BCUT2D eigenvalue weighted by atomic mass is 10.0. The minimum Gasteiger partial charge on any atom is -0.457 e. The van der Waals surface area contributed by atoms with Gasteiger partial charge in [-0.15, -0.1) is 0 Å². The number of para-hydroxylation sites is 1. The Hall–Kier alpha value is -1.98. The summed E-state index contributed by atoms with van der Waals surface area (Å²) < 4.78 is 10.5. The third kappa shape index (κ3) is 3.21. The summed E-state index contributed by atoms with van der Waals surface area (Å²) in [5.74, 6) is 3.95. The van der Waals surface area contributed by atoms with E-state index in [0.29, 0.717) is 0 Å². The van der Waals surface area contributed by atoms with E-state index in [-0.39, 0.29) is 6.04 Å². The normalized spacial score (nSPS) is 20.6. The van der Waals surface area contributed by atoms with Gasteiger partial charge in [0, 0.05) is 25.4 Å². The molecule has 4 rings (SSSR count). The van der Waals surface area contributed by atoms with Gasteiger partial charge >= 0.3 is 0 Å². The van der Waals surface area contributed by atoms with Crippen LogP contribution in [0, 0.1) is 0 Å². The highest BCUT2D eigenvalue weighted by molar-refractivity contribution is 7.98. The Morgan fingerprint density at radius 1 is 1.00 bits per heavy atom. The maximum Gasteiger partial charge on any atom is 0.134 e. The van der Waals surface area contributed by atoms with E-state index in [0.717, 1.165) is 42.7 Å². The van der Waals surface area contributed by atoms with Gasteiger partial charge < -0.3 is 15.0 Å². The van der Waals surface area contributed by atoms with E-state index in [1.165, 1.54) is 5.56 Å². The molecule has 4 nitrogen and oxygen atoms in total. The highest BCUT2D eigenvalue weighted by Gasteiger charge is 2.29. The molecule has 1 atom stereocenters. The van der Waals surface area contributed by atoms with Crippen LogP contribution >= 0.6 is 11.9 Å². The van der Waals surface area contributed by atoms with Crippen molar-refractivity contribution < 1.29 is 4.74 Å². The molecule has 2 aromatic rings. The van der Waals surface area contributed by atoms with E-state index in [1.807, 2.05) is 42.5 Å². The molecule has 0 unspecified atom stereocenters. The molecule has 0 bridgehead atoms. The summed E-state index contributed by atoms with van der Waals surface area (Å²) in [5.41, 5.74) is 1.23. The van der Waals surface area contributed by atoms with Crippen molar-refractivity contribution in [3.05, 3.63) is 60.2 Å². The van der Waals surface area contributed by atoms with Crippen molar-refractivity contribution in [1.29, 1.82) is 0 Å². The van der Waals surface area contributed by atoms with E-state index in [1.54, 1.807) is 11.9 Å². The van der Waals surface area contributed by atoms with Crippen LogP contribution < -0.4 is 10.1 Å². The van der Waals surface area contributed by atoms with Gasteiger partial charge in [-0.05, 0) is 41.8 Å². The average molecular weight is 325 g/mol. The standard InChI is InChI=1S/C18H19N3OS/c1-2-4-15(5-3-1)22-16-8-6-14(7-9-16)17-18-20-23-13-12-21(18)11-10-19-17/h1-9,17,19H,10-13H2/t17-/m1/s1. The van der Waals surface area contributed by atoms with Crippen LogP contribution in [-0.2, 0) is 0 Å². The number of ether oxygens (including phenoxy) is 1. The van der Waals surface area contributed by atoms with Crippen LogP contribution in [0.4, 0.5) is 0 Å². The Labute approximate surface area is 140 Å². The highest BCUT2D eigenvalue weighted by atomic mass is 32.2. The molecule has 2 heterocycles. The molecule has 23 heavy (non-hydrogen) atoms.